The van der Waals surface area contributed by atoms with Crippen molar-refractivity contribution in [2.45, 2.75) is 39.5 Å². The van der Waals surface area contributed by atoms with Crippen molar-refractivity contribution < 1.29 is 24.2 Å². The van der Waals surface area contributed by atoms with E-state index >= 15 is 0 Å². The Hall–Kier alpha value is -2.31. The summed E-state index contributed by atoms with van der Waals surface area (Å²) in [7, 11) is 0. The van der Waals surface area contributed by atoms with E-state index in [0.29, 0.717) is 0 Å². The quantitative estimate of drug-likeness (QED) is 0.173. The summed E-state index contributed by atoms with van der Waals surface area (Å²) in [6.45, 7) is 4.53. The molecule has 192 valence electrons. The van der Waals surface area contributed by atoms with Crippen LogP contribution in [0.25, 0.3) is 16.7 Å². The molecule has 0 aliphatic heterocycles. The van der Waals surface area contributed by atoms with E-state index in [0.717, 1.165) is 25.7 Å². The first kappa shape index (κ1) is 30.2. The molecule has 0 bridgehead atoms. The molecule has 4 aromatic carbocycles. The van der Waals surface area contributed by atoms with Crippen molar-refractivity contribution in [1.29, 1.82) is 0 Å². The van der Waals surface area contributed by atoms with Crippen molar-refractivity contribution in [2.75, 3.05) is 0 Å². The van der Waals surface area contributed by atoms with Crippen LogP contribution in [0.2, 0.25) is 0 Å². The number of halogens is 2. The van der Waals surface area contributed by atoms with E-state index in [1.54, 1.807) is 5.57 Å². The summed E-state index contributed by atoms with van der Waals surface area (Å²) in [6.07, 6.45) is 6.78. The topological polar surface area (TPSA) is 0 Å². The fourth-order valence-electron chi connectivity index (χ4n) is 5.35. The van der Waals surface area contributed by atoms with Crippen molar-refractivity contribution in [1.82, 2.24) is 0 Å². The van der Waals surface area contributed by atoms with Gasteiger partial charge in [-0.3, -0.25) is 0 Å². The van der Waals surface area contributed by atoms with Gasteiger partial charge in [0.25, 0.3) is 0 Å². The summed E-state index contributed by atoms with van der Waals surface area (Å²) in [6, 6.07) is 38.2. The van der Waals surface area contributed by atoms with Crippen LogP contribution >= 0.6 is 24.8 Å². The zero-order valence-electron chi connectivity index (χ0n) is 22.0. The Morgan fingerprint density at radius 2 is 1.32 bits per heavy atom. The number of fused-ring (bicyclic) bond motifs is 3. The Labute approximate surface area is 255 Å². The SMILES string of the molecule is CCC1=CCC(c2[c-]c3c(cc2)-c2ccccc2C3)=C1CC.Cl.Cl.[Zr]=[C](c1ccccc1)c1ccccc1. The van der Waals surface area contributed by atoms with Gasteiger partial charge in [-0.2, -0.15) is 0 Å². The predicted octanol–water partition coefficient (Wildman–Crippen LogP) is 9.61. The van der Waals surface area contributed by atoms with E-state index < -0.39 is 0 Å². The van der Waals surface area contributed by atoms with E-state index in [1.165, 1.54) is 77.5 Å². The van der Waals surface area contributed by atoms with E-state index in [1.807, 2.05) is 0 Å². The third kappa shape index (κ3) is 6.45. The van der Waals surface area contributed by atoms with Gasteiger partial charge in [0.1, 0.15) is 0 Å². The average Bonchev–Trinajstić information content (AvgIpc) is 3.54. The predicted molar refractivity (Wildman–Crippen MR) is 164 cm³/mol. The number of rotatable bonds is 5. The minimum absolute atomic E-state index is 0. The first-order chi connectivity index (χ1) is 17.7. The molecule has 6 rings (SSSR count). The van der Waals surface area contributed by atoms with Crippen LogP contribution in [0.1, 0.15) is 60.9 Å². The molecule has 0 spiro atoms. The van der Waals surface area contributed by atoms with Gasteiger partial charge in [0, 0.05) is 0 Å². The molecule has 3 heteroatoms. The van der Waals surface area contributed by atoms with Crippen molar-refractivity contribution in [3.05, 3.63) is 148 Å². The molecule has 0 unspecified atom stereocenters. The zero-order chi connectivity index (χ0) is 24.9. The van der Waals surface area contributed by atoms with Gasteiger partial charge in [-0.1, -0.05) is 66.5 Å². The van der Waals surface area contributed by atoms with Gasteiger partial charge in [-0.15, -0.1) is 59.7 Å². The van der Waals surface area contributed by atoms with Gasteiger partial charge in [0.2, 0.25) is 0 Å². The Morgan fingerprint density at radius 3 is 1.92 bits per heavy atom. The second kappa shape index (κ2) is 14.2. The molecule has 0 fully saturated rings. The summed E-state index contributed by atoms with van der Waals surface area (Å²) >= 11 is 1.46. The Balaban J connectivity index is 0.000000219. The molecule has 0 aromatic heterocycles. The molecule has 0 heterocycles. The van der Waals surface area contributed by atoms with Crippen LogP contribution in [0.4, 0.5) is 0 Å². The normalized spacial score (nSPS) is 12.7. The van der Waals surface area contributed by atoms with Crippen LogP contribution < -0.4 is 0 Å². The standard InChI is InChI=1S/C22H21.C13H10.2ClH.Zr/c1-3-15-9-11-21(19(15)4-2)17-10-12-22-18(14-17)13-16-7-5-6-8-20(16)22;1-3-7-12(8-4-1)11-13-9-5-2-6-10-13;;;/h5-10,12H,3-4,11,13H2,1-2H3;1-10H;2*1H;/q-1;;;;. The molecule has 0 saturated heterocycles. The van der Waals surface area contributed by atoms with E-state index in [4.69, 9.17) is 0 Å². The van der Waals surface area contributed by atoms with Gasteiger partial charge >= 0.3 is 99.2 Å². The third-order valence-electron chi connectivity index (χ3n) is 7.19. The number of benzene rings is 4. The van der Waals surface area contributed by atoms with E-state index in [-0.39, 0.29) is 24.8 Å². The summed E-state index contributed by atoms with van der Waals surface area (Å²) in [5, 5.41) is 0. The van der Waals surface area contributed by atoms with Crippen LogP contribution in [0.3, 0.4) is 0 Å². The molecule has 0 N–H and O–H groups in total. The summed E-state index contributed by atoms with van der Waals surface area (Å²) in [5.41, 5.74) is 14.1. The van der Waals surface area contributed by atoms with Crippen molar-refractivity contribution in [3.8, 4) is 11.1 Å². The first-order valence-electron chi connectivity index (χ1n) is 12.9. The molecular formula is C35H33Cl2Zr-. The monoisotopic (exact) mass is 613 g/mol. The molecule has 4 aromatic rings. The van der Waals surface area contributed by atoms with Crippen LogP contribution in [-0.2, 0) is 30.7 Å². The van der Waals surface area contributed by atoms with Crippen LogP contribution in [0.15, 0.2) is 114 Å². The summed E-state index contributed by atoms with van der Waals surface area (Å²) in [5.74, 6) is 0. The Kier molecular flexibility index (Phi) is 11.3. The maximum atomic E-state index is 3.73. The van der Waals surface area contributed by atoms with Gasteiger partial charge in [-0.05, 0) is 31.2 Å². The van der Waals surface area contributed by atoms with Crippen molar-refractivity contribution >= 4 is 33.6 Å². The Morgan fingerprint density at radius 1 is 0.711 bits per heavy atom. The second-order valence-electron chi connectivity index (χ2n) is 9.30. The maximum absolute atomic E-state index is 3.73. The molecule has 38 heavy (non-hydrogen) atoms. The Bertz CT molecular complexity index is 1410. The molecule has 0 radical (unpaired) electrons. The summed E-state index contributed by atoms with van der Waals surface area (Å²) < 4.78 is 1.42. The van der Waals surface area contributed by atoms with Crippen molar-refractivity contribution in [3.63, 3.8) is 0 Å². The zero-order valence-corrected chi connectivity index (χ0v) is 26.1. The van der Waals surface area contributed by atoms with Gasteiger partial charge in [0.05, 0.1) is 0 Å². The van der Waals surface area contributed by atoms with E-state index in [2.05, 4.69) is 123 Å². The van der Waals surface area contributed by atoms with Gasteiger partial charge in [-0.25, -0.2) is 0 Å². The van der Waals surface area contributed by atoms with Crippen LogP contribution in [0.5, 0.6) is 0 Å². The molecule has 0 atom stereocenters. The first-order valence-corrected chi connectivity index (χ1v) is 14.2. The number of allylic oxidation sites excluding steroid dienone is 4. The average molecular weight is 616 g/mol. The number of hydrogen-bond donors (Lipinski definition) is 0. The summed E-state index contributed by atoms with van der Waals surface area (Å²) in [4.78, 5) is 0. The third-order valence-corrected chi connectivity index (χ3v) is 8.61. The van der Waals surface area contributed by atoms with Gasteiger partial charge < -0.3 is 0 Å². The molecule has 0 saturated carbocycles. The molecular weight excluding hydrogens is 583 g/mol. The van der Waals surface area contributed by atoms with Gasteiger partial charge in [0.15, 0.2) is 0 Å². The fraction of sp³-hybridized carbons (Fsp3) is 0.171. The molecule has 0 nitrogen and oxygen atoms in total. The van der Waals surface area contributed by atoms with Crippen LogP contribution in [-0.4, -0.2) is 3.21 Å². The van der Waals surface area contributed by atoms with E-state index in [9.17, 15) is 0 Å². The molecule has 0 amide bonds. The number of hydrogen-bond acceptors (Lipinski definition) is 0. The van der Waals surface area contributed by atoms with Crippen molar-refractivity contribution in [2.24, 2.45) is 0 Å². The minimum atomic E-state index is 0. The van der Waals surface area contributed by atoms with Crippen LogP contribution in [0, 0.1) is 6.07 Å². The second-order valence-corrected chi connectivity index (χ2v) is 10.5. The molecule has 2 aliphatic rings. The molecule has 2 aliphatic carbocycles. The fourth-order valence-corrected chi connectivity index (χ4v) is 6.17.